The topological polar surface area (TPSA) is 29.1 Å². The summed E-state index contributed by atoms with van der Waals surface area (Å²) < 4.78 is 38.4. The average molecular weight is 323 g/mol. The highest BCUT2D eigenvalue weighted by Gasteiger charge is 2.32. The second-order valence-corrected chi connectivity index (χ2v) is 5.22. The molecule has 0 aliphatic heterocycles. The van der Waals surface area contributed by atoms with Gasteiger partial charge in [0.25, 0.3) is 0 Å². The predicted octanol–water partition coefficient (Wildman–Crippen LogP) is 4.95. The van der Waals surface area contributed by atoms with Crippen LogP contribution in [-0.2, 0) is 11.0 Å². The molecule has 0 atom stereocenters. The van der Waals surface area contributed by atoms with E-state index in [1.807, 2.05) is 6.07 Å². The lowest BCUT2D eigenvalue weighted by Gasteiger charge is -2.10. The lowest BCUT2D eigenvalue weighted by molar-refractivity contribution is -0.139. The van der Waals surface area contributed by atoms with Crippen LogP contribution in [0.3, 0.4) is 0 Å². The van der Waals surface area contributed by atoms with Gasteiger partial charge in [-0.05, 0) is 29.7 Å². The van der Waals surface area contributed by atoms with Gasteiger partial charge < -0.3 is 5.32 Å². The summed E-state index contributed by atoms with van der Waals surface area (Å²) in [5.41, 5.74) is -0.0917. The molecule has 0 bridgehead atoms. The van der Waals surface area contributed by atoms with E-state index in [0.717, 1.165) is 17.8 Å². The molecule has 1 amide bonds. The Bertz CT molecular complexity index is 669. The van der Waals surface area contributed by atoms with Gasteiger partial charge in [0.2, 0.25) is 5.91 Å². The van der Waals surface area contributed by atoms with Crippen molar-refractivity contribution >= 4 is 23.4 Å². The molecule has 0 heterocycles. The molecule has 0 spiro atoms. The summed E-state index contributed by atoms with van der Waals surface area (Å²) in [6.45, 7) is 0. The first kappa shape index (κ1) is 16.2. The molecular formula is C16H12F3NOS. The Hall–Kier alpha value is -2.21. The van der Waals surface area contributed by atoms with Crippen molar-refractivity contribution in [1.82, 2.24) is 0 Å². The number of alkyl halides is 3. The Morgan fingerprint density at radius 2 is 1.64 bits per heavy atom. The number of benzene rings is 2. The molecule has 2 aromatic rings. The minimum absolute atomic E-state index is 0.0544. The molecule has 114 valence electrons. The van der Waals surface area contributed by atoms with Crippen LogP contribution in [0.5, 0.6) is 0 Å². The van der Waals surface area contributed by atoms with E-state index in [0.29, 0.717) is 5.69 Å². The first-order valence-electron chi connectivity index (χ1n) is 6.32. The third-order valence-corrected chi connectivity index (χ3v) is 3.53. The summed E-state index contributed by atoms with van der Waals surface area (Å²) in [6, 6.07) is 14.0. The van der Waals surface area contributed by atoms with E-state index in [4.69, 9.17) is 0 Å². The Labute approximate surface area is 130 Å². The van der Waals surface area contributed by atoms with Crippen LogP contribution in [0.4, 0.5) is 18.9 Å². The van der Waals surface area contributed by atoms with Gasteiger partial charge in [0.05, 0.1) is 5.56 Å². The molecular weight excluding hydrogens is 311 g/mol. The standard InChI is InChI=1S/C16H12F3NOS/c17-16(18,19)13-8-4-5-9-14(13)22-11-10-15(21)20-12-6-2-1-3-7-12/h1-11H,(H,20,21)/b11-10+. The average Bonchev–Trinajstić information content (AvgIpc) is 2.48. The van der Waals surface area contributed by atoms with Gasteiger partial charge in [-0.3, -0.25) is 4.79 Å². The second-order valence-electron chi connectivity index (χ2n) is 4.27. The Morgan fingerprint density at radius 3 is 2.32 bits per heavy atom. The van der Waals surface area contributed by atoms with Crippen molar-refractivity contribution < 1.29 is 18.0 Å². The van der Waals surface area contributed by atoms with E-state index < -0.39 is 17.6 Å². The molecule has 2 nitrogen and oxygen atoms in total. The predicted molar refractivity (Wildman–Crippen MR) is 81.5 cm³/mol. The molecule has 6 heteroatoms. The van der Waals surface area contributed by atoms with Gasteiger partial charge in [0, 0.05) is 16.7 Å². The lowest BCUT2D eigenvalue weighted by Crippen LogP contribution is -2.07. The molecule has 2 rings (SSSR count). The van der Waals surface area contributed by atoms with Crippen molar-refractivity contribution in [1.29, 1.82) is 0 Å². The molecule has 1 N–H and O–H groups in total. The molecule has 0 saturated carbocycles. The highest BCUT2D eigenvalue weighted by atomic mass is 32.2. The fourth-order valence-electron chi connectivity index (χ4n) is 1.68. The normalized spacial score (nSPS) is 11.6. The number of amides is 1. The molecule has 2 aromatic carbocycles. The van der Waals surface area contributed by atoms with Crippen LogP contribution in [0.2, 0.25) is 0 Å². The minimum atomic E-state index is -4.41. The molecule has 0 aliphatic rings. The van der Waals surface area contributed by atoms with Crippen LogP contribution in [0.15, 0.2) is 71.0 Å². The molecule has 0 aromatic heterocycles. The number of nitrogens with one attached hydrogen (secondary N) is 1. The van der Waals surface area contributed by atoms with Gasteiger partial charge in [-0.1, -0.05) is 42.1 Å². The maximum atomic E-state index is 12.8. The van der Waals surface area contributed by atoms with Crippen molar-refractivity contribution in [2.24, 2.45) is 0 Å². The monoisotopic (exact) mass is 323 g/mol. The first-order chi connectivity index (χ1) is 10.5. The molecule has 0 radical (unpaired) electrons. The first-order valence-corrected chi connectivity index (χ1v) is 7.20. The number of carbonyl (C=O) groups is 1. The highest BCUT2D eigenvalue weighted by molar-refractivity contribution is 8.02. The number of halogens is 3. The van der Waals surface area contributed by atoms with Gasteiger partial charge in [-0.25, -0.2) is 0 Å². The third kappa shape index (κ3) is 4.66. The number of carbonyl (C=O) groups excluding carboxylic acids is 1. The lowest BCUT2D eigenvalue weighted by atomic mass is 10.2. The molecule has 0 aliphatic carbocycles. The van der Waals surface area contributed by atoms with Crippen molar-refractivity contribution in [3.63, 3.8) is 0 Å². The largest absolute Gasteiger partial charge is 0.417 e. The van der Waals surface area contributed by atoms with Gasteiger partial charge >= 0.3 is 6.18 Å². The van der Waals surface area contributed by atoms with Gasteiger partial charge in [0.1, 0.15) is 0 Å². The van der Waals surface area contributed by atoms with E-state index in [2.05, 4.69) is 5.32 Å². The number of anilines is 1. The fraction of sp³-hybridized carbons (Fsp3) is 0.0625. The van der Waals surface area contributed by atoms with Crippen LogP contribution in [0, 0.1) is 0 Å². The molecule has 0 saturated heterocycles. The summed E-state index contributed by atoms with van der Waals surface area (Å²) in [7, 11) is 0. The zero-order valence-electron chi connectivity index (χ0n) is 11.3. The van der Waals surface area contributed by atoms with E-state index in [-0.39, 0.29) is 4.90 Å². The fourth-order valence-corrected chi connectivity index (χ4v) is 2.48. The van der Waals surface area contributed by atoms with Crippen LogP contribution < -0.4 is 5.32 Å². The Morgan fingerprint density at radius 1 is 1.00 bits per heavy atom. The number of thioether (sulfide) groups is 1. The summed E-state index contributed by atoms with van der Waals surface area (Å²) in [6.07, 6.45) is -3.21. The Kier molecular flexibility index (Phi) is 5.27. The quantitative estimate of drug-likeness (QED) is 0.637. The molecule has 0 unspecified atom stereocenters. The zero-order valence-corrected chi connectivity index (χ0v) is 12.1. The summed E-state index contributed by atoms with van der Waals surface area (Å²) in [4.78, 5) is 11.7. The highest BCUT2D eigenvalue weighted by Crippen LogP contribution is 2.36. The molecule has 22 heavy (non-hydrogen) atoms. The zero-order chi connectivity index (χ0) is 16.0. The van der Waals surface area contributed by atoms with E-state index in [1.165, 1.54) is 29.7 Å². The van der Waals surface area contributed by atoms with Gasteiger partial charge in [-0.15, -0.1) is 0 Å². The maximum absolute atomic E-state index is 12.8. The van der Waals surface area contributed by atoms with E-state index in [9.17, 15) is 18.0 Å². The van der Waals surface area contributed by atoms with Crippen LogP contribution in [-0.4, -0.2) is 5.91 Å². The van der Waals surface area contributed by atoms with Gasteiger partial charge in [0.15, 0.2) is 0 Å². The SMILES string of the molecule is O=C(/C=C/Sc1ccccc1C(F)(F)F)Nc1ccccc1. The number of hydrogen-bond acceptors (Lipinski definition) is 2. The van der Waals surface area contributed by atoms with Crippen LogP contribution in [0.1, 0.15) is 5.56 Å². The third-order valence-electron chi connectivity index (χ3n) is 2.65. The number of hydrogen-bond donors (Lipinski definition) is 1. The van der Waals surface area contributed by atoms with Crippen molar-refractivity contribution in [3.05, 3.63) is 71.6 Å². The molecule has 0 fully saturated rings. The summed E-state index contributed by atoms with van der Waals surface area (Å²) in [5, 5.41) is 3.95. The van der Waals surface area contributed by atoms with E-state index in [1.54, 1.807) is 24.3 Å². The Balaban J connectivity index is 2.00. The summed E-state index contributed by atoms with van der Waals surface area (Å²) >= 11 is 0.851. The maximum Gasteiger partial charge on any atom is 0.417 e. The number of rotatable bonds is 4. The van der Waals surface area contributed by atoms with Crippen LogP contribution >= 0.6 is 11.8 Å². The van der Waals surface area contributed by atoms with Crippen molar-refractivity contribution in [3.8, 4) is 0 Å². The van der Waals surface area contributed by atoms with Gasteiger partial charge in [-0.2, -0.15) is 13.2 Å². The van der Waals surface area contributed by atoms with Crippen LogP contribution in [0.25, 0.3) is 0 Å². The summed E-state index contributed by atoms with van der Waals surface area (Å²) in [5.74, 6) is -0.400. The van der Waals surface area contributed by atoms with Crippen molar-refractivity contribution in [2.75, 3.05) is 5.32 Å². The smallest absolute Gasteiger partial charge is 0.322 e. The number of para-hydroxylation sites is 1. The second kappa shape index (κ2) is 7.17. The minimum Gasteiger partial charge on any atom is -0.322 e. The van der Waals surface area contributed by atoms with Crippen molar-refractivity contribution in [2.45, 2.75) is 11.1 Å². The van der Waals surface area contributed by atoms with E-state index >= 15 is 0 Å².